The van der Waals surface area contributed by atoms with Crippen molar-refractivity contribution in [2.45, 2.75) is 40.2 Å². The molecule has 1 unspecified atom stereocenters. The van der Waals surface area contributed by atoms with E-state index in [0.717, 1.165) is 0 Å². The Morgan fingerprint density at radius 2 is 1.64 bits per heavy atom. The molecule has 0 aromatic heterocycles. The van der Waals surface area contributed by atoms with Crippen LogP contribution in [-0.4, -0.2) is 16.4 Å². The average Bonchev–Trinajstić information content (AvgIpc) is 1.85. The maximum atomic E-state index is 9.81. The predicted octanol–water partition coefficient (Wildman–Crippen LogP) is 2.07. The molecular weight excluding hydrogens is 138 g/mol. The highest BCUT2D eigenvalue weighted by atomic mass is 16.3. The van der Waals surface area contributed by atoms with Crippen LogP contribution in [0.15, 0.2) is 0 Å². The molecule has 0 aliphatic heterocycles. The molecule has 0 amide bonds. The highest BCUT2D eigenvalue weighted by Crippen LogP contribution is 2.21. The summed E-state index contributed by atoms with van der Waals surface area (Å²) < 4.78 is 0. The SMILES string of the molecule is CC(C)C(=N)C(C)(O)C(C)C. The first-order chi connectivity index (χ1) is 4.80. The van der Waals surface area contributed by atoms with Gasteiger partial charge in [-0.3, -0.25) is 0 Å². The van der Waals surface area contributed by atoms with Crippen molar-refractivity contribution in [1.29, 1.82) is 5.41 Å². The van der Waals surface area contributed by atoms with Gasteiger partial charge in [0.1, 0.15) is 5.60 Å². The molecule has 2 nitrogen and oxygen atoms in total. The van der Waals surface area contributed by atoms with Gasteiger partial charge in [0.15, 0.2) is 0 Å². The number of rotatable bonds is 3. The molecule has 0 saturated heterocycles. The fourth-order valence-corrected chi connectivity index (χ4v) is 0.895. The molecule has 66 valence electrons. The summed E-state index contributed by atoms with van der Waals surface area (Å²) in [5.41, 5.74) is -0.513. The molecule has 0 heterocycles. The molecule has 0 aliphatic carbocycles. The fraction of sp³-hybridized carbons (Fsp3) is 0.889. The summed E-state index contributed by atoms with van der Waals surface area (Å²) in [6, 6.07) is 0. The molecule has 11 heavy (non-hydrogen) atoms. The van der Waals surface area contributed by atoms with E-state index in [1.165, 1.54) is 0 Å². The highest BCUT2D eigenvalue weighted by molar-refractivity contribution is 5.91. The standard InChI is InChI=1S/C9H19NO/c1-6(2)8(10)9(5,11)7(3)4/h6-7,10-11H,1-5H3. The maximum Gasteiger partial charge on any atom is 0.102 e. The van der Waals surface area contributed by atoms with Gasteiger partial charge in [0.05, 0.1) is 0 Å². The van der Waals surface area contributed by atoms with Crippen molar-refractivity contribution in [2.24, 2.45) is 11.8 Å². The Balaban J connectivity index is 4.43. The van der Waals surface area contributed by atoms with Crippen LogP contribution in [0.25, 0.3) is 0 Å². The average molecular weight is 157 g/mol. The van der Waals surface area contributed by atoms with E-state index in [4.69, 9.17) is 5.41 Å². The summed E-state index contributed by atoms with van der Waals surface area (Å²) in [6.07, 6.45) is 0. The van der Waals surface area contributed by atoms with Crippen molar-refractivity contribution in [2.75, 3.05) is 0 Å². The predicted molar refractivity (Wildman–Crippen MR) is 48.0 cm³/mol. The van der Waals surface area contributed by atoms with Crippen LogP contribution in [0.5, 0.6) is 0 Å². The lowest BCUT2D eigenvalue weighted by Gasteiger charge is -2.30. The zero-order valence-electron chi connectivity index (χ0n) is 8.10. The molecule has 2 N–H and O–H groups in total. The third-order valence-electron chi connectivity index (χ3n) is 2.25. The summed E-state index contributed by atoms with van der Waals surface area (Å²) in [5.74, 6) is 0.241. The maximum absolute atomic E-state index is 9.81. The molecule has 0 saturated carbocycles. The van der Waals surface area contributed by atoms with Gasteiger partial charge in [0, 0.05) is 5.71 Å². The van der Waals surface area contributed by atoms with Crippen molar-refractivity contribution in [3.05, 3.63) is 0 Å². The first kappa shape index (κ1) is 10.6. The Morgan fingerprint density at radius 3 is 1.73 bits per heavy atom. The molecule has 0 fully saturated rings. The fourth-order valence-electron chi connectivity index (χ4n) is 0.895. The lowest BCUT2D eigenvalue weighted by Crippen LogP contribution is -2.42. The Labute approximate surface area is 69.1 Å². The molecule has 0 aromatic rings. The Hall–Kier alpha value is -0.370. The van der Waals surface area contributed by atoms with Gasteiger partial charge in [0.25, 0.3) is 0 Å². The lowest BCUT2D eigenvalue weighted by molar-refractivity contribution is 0.0776. The Kier molecular flexibility index (Phi) is 3.24. The molecule has 0 rings (SSSR count). The monoisotopic (exact) mass is 157 g/mol. The van der Waals surface area contributed by atoms with E-state index in [1.54, 1.807) is 6.92 Å². The molecule has 0 bridgehead atoms. The van der Waals surface area contributed by atoms with Gasteiger partial charge in [-0.1, -0.05) is 27.7 Å². The number of hydrogen-bond acceptors (Lipinski definition) is 2. The summed E-state index contributed by atoms with van der Waals surface area (Å²) >= 11 is 0. The largest absolute Gasteiger partial charge is 0.384 e. The summed E-state index contributed by atoms with van der Waals surface area (Å²) in [5, 5.41) is 17.4. The van der Waals surface area contributed by atoms with E-state index >= 15 is 0 Å². The van der Waals surface area contributed by atoms with Crippen LogP contribution in [-0.2, 0) is 0 Å². The minimum absolute atomic E-state index is 0.109. The summed E-state index contributed by atoms with van der Waals surface area (Å²) in [6.45, 7) is 9.42. The third-order valence-corrected chi connectivity index (χ3v) is 2.25. The van der Waals surface area contributed by atoms with Crippen molar-refractivity contribution >= 4 is 5.71 Å². The number of nitrogens with one attached hydrogen (secondary N) is 1. The van der Waals surface area contributed by atoms with E-state index in [-0.39, 0.29) is 11.8 Å². The van der Waals surface area contributed by atoms with E-state index in [1.807, 2.05) is 27.7 Å². The topological polar surface area (TPSA) is 44.1 Å². The smallest absolute Gasteiger partial charge is 0.102 e. The van der Waals surface area contributed by atoms with Crippen molar-refractivity contribution in [3.8, 4) is 0 Å². The molecule has 1 atom stereocenters. The van der Waals surface area contributed by atoms with E-state index in [0.29, 0.717) is 5.71 Å². The quantitative estimate of drug-likeness (QED) is 0.605. The van der Waals surface area contributed by atoms with E-state index < -0.39 is 5.60 Å². The van der Waals surface area contributed by atoms with Crippen LogP contribution in [0.1, 0.15) is 34.6 Å². The first-order valence-electron chi connectivity index (χ1n) is 4.11. The van der Waals surface area contributed by atoms with Crippen LogP contribution in [0.2, 0.25) is 0 Å². The van der Waals surface area contributed by atoms with Crippen LogP contribution >= 0.6 is 0 Å². The molecule has 0 radical (unpaired) electrons. The summed E-state index contributed by atoms with van der Waals surface area (Å²) in [7, 11) is 0. The first-order valence-corrected chi connectivity index (χ1v) is 4.11. The Morgan fingerprint density at radius 1 is 1.27 bits per heavy atom. The van der Waals surface area contributed by atoms with Gasteiger partial charge in [-0.25, -0.2) is 0 Å². The second kappa shape index (κ2) is 3.35. The molecular formula is C9H19NO. The Bertz CT molecular complexity index is 148. The van der Waals surface area contributed by atoms with E-state index in [9.17, 15) is 5.11 Å². The molecule has 2 heteroatoms. The highest BCUT2D eigenvalue weighted by Gasteiger charge is 2.31. The molecule has 0 spiro atoms. The zero-order chi connectivity index (χ0) is 9.23. The third kappa shape index (κ3) is 2.29. The van der Waals surface area contributed by atoms with Crippen LogP contribution in [0, 0.1) is 17.2 Å². The van der Waals surface area contributed by atoms with Gasteiger partial charge in [-0.15, -0.1) is 0 Å². The van der Waals surface area contributed by atoms with Crippen LogP contribution < -0.4 is 0 Å². The van der Waals surface area contributed by atoms with Crippen LogP contribution in [0.3, 0.4) is 0 Å². The van der Waals surface area contributed by atoms with Crippen LogP contribution in [0.4, 0.5) is 0 Å². The second-order valence-corrected chi connectivity index (χ2v) is 3.87. The van der Waals surface area contributed by atoms with E-state index in [2.05, 4.69) is 0 Å². The zero-order valence-corrected chi connectivity index (χ0v) is 8.10. The van der Waals surface area contributed by atoms with Gasteiger partial charge >= 0.3 is 0 Å². The minimum atomic E-state index is -0.936. The van der Waals surface area contributed by atoms with Gasteiger partial charge in [-0.05, 0) is 18.8 Å². The second-order valence-electron chi connectivity index (χ2n) is 3.87. The normalized spacial score (nSPS) is 17.1. The minimum Gasteiger partial charge on any atom is -0.384 e. The van der Waals surface area contributed by atoms with Crippen molar-refractivity contribution in [1.82, 2.24) is 0 Å². The van der Waals surface area contributed by atoms with Crippen molar-refractivity contribution < 1.29 is 5.11 Å². The molecule has 0 aromatic carbocycles. The van der Waals surface area contributed by atoms with Gasteiger partial charge in [0.2, 0.25) is 0 Å². The molecule has 0 aliphatic rings. The summed E-state index contributed by atoms with van der Waals surface area (Å²) in [4.78, 5) is 0. The number of aliphatic hydroxyl groups is 1. The van der Waals surface area contributed by atoms with Gasteiger partial charge in [-0.2, -0.15) is 0 Å². The van der Waals surface area contributed by atoms with Crippen molar-refractivity contribution in [3.63, 3.8) is 0 Å². The van der Waals surface area contributed by atoms with Gasteiger partial charge < -0.3 is 10.5 Å². The number of hydrogen-bond donors (Lipinski definition) is 2. The lowest BCUT2D eigenvalue weighted by atomic mass is 9.83.